The number of ketones is 2. The minimum absolute atomic E-state index is 0.191. The smallest absolute Gasteiger partial charge is 0.328 e. The van der Waals surface area contributed by atoms with Crippen LogP contribution in [0.5, 0.6) is 0 Å². The maximum absolute atomic E-state index is 12.2. The number of hydrogen-bond acceptors (Lipinski definition) is 5. The molecule has 0 bridgehead atoms. The molecule has 0 N–H and O–H groups in total. The molecule has 1 atom stereocenters. The summed E-state index contributed by atoms with van der Waals surface area (Å²) in [5.74, 6) is -2.01. The van der Waals surface area contributed by atoms with E-state index in [4.69, 9.17) is 0 Å². The van der Waals surface area contributed by atoms with Gasteiger partial charge in [-0.05, 0) is 25.0 Å². The van der Waals surface area contributed by atoms with Crippen molar-refractivity contribution < 1.29 is 23.9 Å². The molecule has 0 saturated carbocycles. The normalized spacial score (nSPS) is 22.5. The zero-order valence-corrected chi connectivity index (χ0v) is 10.4. The highest BCUT2D eigenvalue weighted by Crippen LogP contribution is 2.22. The third kappa shape index (κ3) is 2.47. The molecule has 1 aliphatic carbocycles. The Morgan fingerprint density at radius 2 is 2.05 bits per heavy atom. The lowest BCUT2D eigenvalue weighted by Gasteiger charge is -2.23. The van der Waals surface area contributed by atoms with Crippen molar-refractivity contribution >= 4 is 23.4 Å². The van der Waals surface area contributed by atoms with Crippen LogP contribution in [0.25, 0.3) is 0 Å². The first-order valence-electron chi connectivity index (χ1n) is 5.91. The average molecular weight is 263 g/mol. The quantitative estimate of drug-likeness (QED) is 0.391. The molecule has 100 valence electrons. The van der Waals surface area contributed by atoms with Gasteiger partial charge in [-0.3, -0.25) is 14.4 Å². The van der Waals surface area contributed by atoms with Crippen molar-refractivity contribution in [2.45, 2.75) is 18.9 Å². The van der Waals surface area contributed by atoms with Crippen molar-refractivity contribution in [2.75, 3.05) is 13.7 Å². The number of allylic oxidation sites excluding steroid dienone is 3. The molecule has 0 radical (unpaired) electrons. The Hall–Kier alpha value is -2.24. The molecule has 2 aliphatic rings. The van der Waals surface area contributed by atoms with E-state index in [0.29, 0.717) is 19.4 Å². The molecule has 19 heavy (non-hydrogen) atoms. The van der Waals surface area contributed by atoms with Crippen LogP contribution >= 0.6 is 0 Å². The van der Waals surface area contributed by atoms with Gasteiger partial charge in [-0.2, -0.15) is 0 Å². The van der Waals surface area contributed by atoms with Gasteiger partial charge in [-0.15, -0.1) is 0 Å². The molecule has 0 aromatic carbocycles. The predicted molar refractivity (Wildman–Crippen MR) is 64.0 cm³/mol. The molecule has 1 aliphatic heterocycles. The van der Waals surface area contributed by atoms with Crippen LogP contribution in [0.2, 0.25) is 0 Å². The van der Waals surface area contributed by atoms with Gasteiger partial charge in [0.05, 0.1) is 12.7 Å². The summed E-state index contributed by atoms with van der Waals surface area (Å²) in [6.45, 7) is 0.376. The maximum atomic E-state index is 12.2. The van der Waals surface area contributed by atoms with E-state index in [1.165, 1.54) is 12.0 Å². The molecule has 1 amide bonds. The maximum Gasteiger partial charge on any atom is 0.328 e. The van der Waals surface area contributed by atoms with Crippen LogP contribution in [-0.4, -0.2) is 48.0 Å². The summed E-state index contributed by atoms with van der Waals surface area (Å²) in [4.78, 5) is 47.9. The SMILES string of the molecule is COC(=O)C1CCCN1C(=O)C1=CC(=O)C=CC1=O. The van der Waals surface area contributed by atoms with Crippen LogP contribution in [0.3, 0.4) is 0 Å². The number of rotatable bonds is 2. The lowest BCUT2D eigenvalue weighted by atomic mass is 10.0. The number of carbonyl (C=O) groups excluding carboxylic acids is 4. The number of carbonyl (C=O) groups is 4. The van der Waals surface area contributed by atoms with Crippen LogP contribution in [0.1, 0.15) is 12.8 Å². The Bertz CT molecular complexity index is 517. The molecule has 2 rings (SSSR count). The van der Waals surface area contributed by atoms with E-state index in [9.17, 15) is 19.2 Å². The highest BCUT2D eigenvalue weighted by molar-refractivity contribution is 6.30. The number of nitrogens with zero attached hydrogens (tertiary/aromatic N) is 1. The third-order valence-corrected chi connectivity index (χ3v) is 3.17. The standard InChI is InChI=1S/C13H13NO5/c1-19-13(18)10-3-2-6-14(10)12(17)9-7-8(15)4-5-11(9)16/h4-5,7,10H,2-3,6H2,1H3. The first kappa shape index (κ1) is 13.2. The molecule has 1 fully saturated rings. The molecule has 0 spiro atoms. The summed E-state index contributed by atoms with van der Waals surface area (Å²) in [7, 11) is 1.25. The highest BCUT2D eigenvalue weighted by atomic mass is 16.5. The van der Waals surface area contributed by atoms with E-state index in [-0.39, 0.29) is 5.57 Å². The number of ether oxygens (including phenoxy) is 1. The fraction of sp³-hybridized carbons (Fsp3) is 0.385. The van der Waals surface area contributed by atoms with E-state index < -0.39 is 29.5 Å². The van der Waals surface area contributed by atoms with E-state index >= 15 is 0 Å². The van der Waals surface area contributed by atoms with Gasteiger partial charge in [-0.25, -0.2) is 4.79 Å². The molecule has 6 heteroatoms. The van der Waals surface area contributed by atoms with E-state index in [1.54, 1.807) is 0 Å². The summed E-state index contributed by atoms with van der Waals surface area (Å²) < 4.78 is 4.63. The summed E-state index contributed by atoms with van der Waals surface area (Å²) in [6.07, 6.45) is 4.36. The van der Waals surface area contributed by atoms with Gasteiger partial charge in [0, 0.05) is 12.6 Å². The second-order valence-corrected chi connectivity index (χ2v) is 4.34. The first-order valence-corrected chi connectivity index (χ1v) is 5.91. The fourth-order valence-electron chi connectivity index (χ4n) is 2.22. The Kier molecular flexibility index (Phi) is 3.59. The topological polar surface area (TPSA) is 80.8 Å². The second-order valence-electron chi connectivity index (χ2n) is 4.34. The minimum atomic E-state index is -0.674. The van der Waals surface area contributed by atoms with Crippen LogP contribution < -0.4 is 0 Å². The Balaban J connectivity index is 2.22. The fourth-order valence-corrected chi connectivity index (χ4v) is 2.22. The summed E-state index contributed by atoms with van der Waals surface area (Å²) >= 11 is 0. The van der Waals surface area contributed by atoms with Gasteiger partial charge in [0.25, 0.3) is 5.91 Å². The Labute approximate surface area is 109 Å². The zero-order valence-electron chi connectivity index (χ0n) is 10.4. The van der Waals surface area contributed by atoms with Crippen LogP contribution in [0.15, 0.2) is 23.8 Å². The molecule has 1 unspecified atom stereocenters. The molecular weight excluding hydrogens is 250 g/mol. The van der Waals surface area contributed by atoms with Crippen LogP contribution in [0.4, 0.5) is 0 Å². The van der Waals surface area contributed by atoms with Crippen molar-refractivity contribution in [1.82, 2.24) is 4.90 Å². The zero-order chi connectivity index (χ0) is 14.0. The summed E-state index contributed by atoms with van der Waals surface area (Å²) in [6, 6.07) is -0.674. The number of hydrogen-bond donors (Lipinski definition) is 0. The molecular formula is C13H13NO5. The van der Waals surface area contributed by atoms with Crippen molar-refractivity contribution in [2.24, 2.45) is 0 Å². The number of amides is 1. The van der Waals surface area contributed by atoms with Crippen molar-refractivity contribution in [1.29, 1.82) is 0 Å². The van der Waals surface area contributed by atoms with Gasteiger partial charge >= 0.3 is 5.97 Å². The Morgan fingerprint density at radius 3 is 2.74 bits per heavy atom. The third-order valence-electron chi connectivity index (χ3n) is 3.17. The van der Waals surface area contributed by atoms with Crippen molar-refractivity contribution in [3.8, 4) is 0 Å². The van der Waals surface area contributed by atoms with Crippen LogP contribution in [0, 0.1) is 0 Å². The van der Waals surface area contributed by atoms with Gasteiger partial charge in [0.1, 0.15) is 6.04 Å². The van der Waals surface area contributed by atoms with Gasteiger partial charge < -0.3 is 9.64 Å². The summed E-state index contributed by atoms with van der Waals surface area (Å²) in [5, 5.41) is 0. The Morgan fingerprint density at radius 1 is 1.32 bits per heavy atom. The number of likely N-dealkylation sites (tertiary alicyclic amines) is 1. The molecule has 1 saturated heterocycles. The molecule has 1 heterocycles. The molecule has 0 aromatic rings. The van der Waals surface area contributed by atoms with E-state index in [0.717, 1.165) is 18.2 Å². The largest absolute Gasteiger partial charge is 0.467 e. The van der Waals surface area contributed by atoms with Gasteiger partial charge in [-0.1, -0.05) is 0 Å². The average Bonchev–Trinajstić information content (AvgIpc) is 2.89. The highest BCUT2D eigenvalue weighted by Gasteiger charge is 2.37. The second kappa shape index (κ2) is 5.17. The van der Waals surface area contributed by atoms with Crippen molar-refractivity contribution in [3.05, 3.63) is 23.8 Å². The number of methoxy groups -OCH3 is 1. The summed E-state index contributed by atoms with van der Waals surface area (Å²) in [5.41, 5.74) is -0.191. The predicted octanol–water partition coefficient (Wildman–Crippen LogP) is -0.215. The lowest BCUT2D eigenvalue weighted by Crippen LogP contribution is -2.43. The van der Waals surface area contributed by atoms with E-state index in [1.807, 2.05) is 0 Å². The molecule has 6 nitrogen and oxygen atoms in total. The van der Waals surface area contributed by atoms with Crippen LogP contribution in [-0.2, 0) is 23.9 Å². The minimum Gasteiger partial charge on any atom is -0.467 e. The van der Waals surface area contributed by atoms with Crippen molar-refractivity contribution in [3.63, 3.8) is 0 Å². The van der Waals surface area contributed by atoms with Gasteiger partial charge in [0.2, 0.25) is 0 Å². The first-order chi connectivity index (χ1) is 9.04. The lowest BCUT2D eigenvalue weighted by molar-refractivity contribution is -0.150. The number of esters is 1. The monoisotopic (exact) mass is 263 g/mol. The molecule has 0 aromatic heterocycles. The van der Waals surface area contributed by atoms with E-state index in [2.05, 4.69) is 4.74 Å². The van der Waals surface area contributed by atoms with Gasteiger partial charge in [0.15, 0.2) is 11.6 Å².